The molecule has 5 nitrogen and oxygen atoms in total. The Balaban J connectivity index is 1.59. The zero-order chi connectivity index (χ0) is 22.5. The van der Waals surface area contributed by atoms with Crippen molar-refractivity contribution in [3.05, 3.63) is 71.8 Å². The smallest absolute Gasteiger partial charge is 0.255 e. The number of rotatable bonds is 8. The number of ether oxygens (including phenoxy) is 1. The van der Waals surface area contributed by atoms with Crippen molar-refractivity contribution in [1.82, 2.24) is 10.2 Å². The van der Waals surface area contributed by atoms with Crippen molar-refractivity contribution in [3.63, 3.8) is 0 Å². The number of hydrogen-bond acceptors (Lipinski definition) is 4. The second-order valence-corrected chi connectivity index (χ2v) is 8.55. The van der Waals surface area contributed by atoms with Crippen molar-refractivity contribution >= 4 is 22.4 Å². The van der Waals surface area contributed by atoms with Crippen molar-refractivity contribution < 1.29 is 9.53 Å². The van der Waals surface area contributed by atoms with Crippen molar-refractivity contribution in [2.45, 2.75) is 25.8 Å². The molecule has 168 valence electrons. The number of benzene rings is 3. The lowest BCUT2D eigenvalue weighted by molar-refractivity contribution is 0.0936. The minimum absolute atomic E-state index is 0.0839. The third-order valence-electron chi connectivity index (χ3n) is 6.25. The molecule has 1 aliphatic heterocycles. The molecule has 0 aliphatic carbocycles. The van der Waals surface area contributed by atoms with Crippen molar-refractivity contribution in [2.24, 2.45) is 0 Å². The molecule has 0 unspecified atom stereocenters. The van der Waals surface area contributed by atoms with Crippen LogP contribution in [-0.2, 0) is 0 Å². The molecule has 1 atom stereocenters. The van der Waals surface area contributed by atoms with E-state index in [9.17, 15) is 4.79 Å². The van der Waals surface area contributed by atoms with Gasteiger partial charge >= 0.3 is 0 Å². The lowest BCUT2D eigenvalue weighted by atomic mass is 10.0. The molecule has 0 aromatic heterocycles. The van der Waals surface area contributed by atoms with Crippen LogP contribution >= 0.6 is 0 Å². The standard InChI is InChI=1S/C27H33N3O2/c1-4-32-25-16-13-20-9-5-6-10-23(20)26(25)27(31)28-19-24(30-17-7-8-18-30)21-11-14-22(15-12-21)29(2)3/h5-6,9-16,24H,4,7-8,17-19H2,1-3H3,(H,28,31)/t24-/m1/s1. The Kier molecular flexibility index (Phi) is 6.96. The van der Waals surface area contributed by atoms with Gasteiger partial charge in [0.2, 0.25) is 0 Å². The second-order valence-electron chi connectivity index (χ2n) is 8.55. The zero-order valence-corrected chi connectivity index (χ0v) is 19.3. The number of nitrogens with one attached hydrogen (secondary N) is 1. The predicted molar refractivity (Wildman–Crippen MR) is 132 cm³/mol. The van der Waals surface area contributed by atoms with Gasteiger partial charge in [-0.15, -0.1) is 0 Å². The molecule has 1 heterocycles. The fourth-order valence-electron chi connectivity index (χ4n) is 4.54. The van der Waals surface area contributed by atoms with Crippen molar-refractivity contribution in [3.8, 4) is 5.75 Å². The van der Waals surface area contributed by atoms with Crippen molar-refractivity contribution in [2.75, 3.05) is 45.2 Å². The molecule has 5 heteroatoms. The van der Waals surface area contributed by atoms with E-state index in [1.165, 1.54) is 24.1 Å². The average molecular weight is 432 g/mol. The Morgan fingerprint density at radius 3 is 2.44 bits per heavy atom. The molecule has 3 aromatic rings. The summed E-state index contributed by atoms with van der Waals surface area (Å²) < 4.78 is 5.82. The predicted octanol–water partition coefficient (Wildman–Crippen LogP) is 4.87. The largest absolute Gasteiger partial charge is 0.493 e. The first-order valence-corrected chi connectivity index (χ1v) is 11.5. The highest BCUT2D eigenvalue weighted by Crippen LogP contribution is 2.30. The minimum Gasteiger partial charge on any atom is -0.493 e. The van der Waals surface area contributed by atoms with E-state index in [0.29, 0.717) is 24.5 Å². The monoisotopic (exact) mass is 431 g/mol. The van der Waals surface area contributed by atoms with E-state index in [2.05, 4.69) is 39.4 Å². The number of nitrogens with zero attached hydrogens (tertiary/aromatic N) is 2. The maximum atomic E-state index is 13.4. The number of carbonyl (C=O) groups is 1. The lowest BCUT2D eigenvalue weighted by Gasteiger charge is -2.29. The van der Waals surface area contributed by atoms with Crippen LogP contribution in [0.25, 0.3) is 10.8 Å². The third-order valence-corrected chi connectivity index (χ3v) is 6.25. The number of carbonyl (C=O) groups excluding carboxylic acids is 1. The van der Waals surface area contributed by atoms with Gasteiger partial charge in [0.05, 0.1) is 18.2 Å². The van der Waals surface area contributed by atoms with E-state index in [1.54, 1.807) is 0 Å². The Morgan fingerprint density at radius 1 is 1.03 bits per heavy atom. The zero-order valence-electron chi connectivity index (χ0n) is 19.3. The van der Waals surface area contributed by atoms with E-state index >= 15 is 0 Å². The quantitative estimate of drug-likeness (QED) is 0.553. The number of anilines is 1. The molecule has 1 fully saturated rings. The van der Waals surface area contributed by atoms with Crippen LogP contribution in [0.4, 0.5) is 5.69 Å². The normalized spacial score (nSPS) is 15.0. The number of fused-ring (bicyclic) bond motifs is 1. The van der Waals surface area contributed by atoms with Crippen LogP contribution in [0.15, 0.2) is 60.7 Å². The first-order chi connectivity index (χ1) is 15.6. The Labute approximate surface area is 191 Å². The topological polar surface area (TPSA) is 44.8 Å². The summed E-state index contributed by atoms with van der Waals surface area (Å²) in [6.45, 7) is 5.16. The summed E-state index contributed by atoms with van der Waals surface area (Å²) in [7, 11) is 4.10. The number of hydrogen-bond donors (Lipinski definition) is 1. The van der Waals surface area contributed by atoms with E-state index < -0.39 is 0 Å². The molecule has 0 spiro atoms. The van der Waals surface area contributed by atoms with Crippen LogP contribution in [0.1, 0.15) is 41.7 Å². The lowest BCUT2D eigenvalue weighted by Crippen LogP contribution is -2.37. The third kappa shape index (κ3) is 4.73. The summed E-state index contributed by atoms with van der Waals surface area (Å²) in [6, 6.07) is 20.7. The maximum absolute atomic E-state index is 13.4. The van der Waals surface area contributed by atoms with Crippen LogP contribution in [0.2, 0.25) is 0 Å². The molecule has 0 radical (unpaired) electrons. The fraction of sp³-hybridized carbons (Fsp3) is 0.370. The van der Waals surface area contributed by atoms with E-state index in [-0.39, 0.29) is 11.9 Å². The molecule has 0 saturated carbocycles. The molecule has 4 rings (SSSR count). The van der Waals surface area contributed by atoms with Gasteiger partial charge in [-0.25, -0.2) is 0 Å². The van der Waals surface area contributed by atoms with Crippen LogP contribution in [0, 0.1) is 0 Å². The Morgan fingerprint density at radius 2 is 1.75 bits per heavy atom. The van der Waals surface area contributed by atoms with Gasteiger partial charge in [0.15, 0.2) is 0 Å². The summed E-state index contributed by atoms with van der Waals surface area (Å²) in [4.78, 5) is 18.0. The first kappa shape index (κ1) is 22.2. The van der Waals surface area contributed by atoms with Gasteiger partial charge < -0.3 is 15.0 Å². The van der Waals surface area contributed by atoms with E-state index in [0.717, 1.165) is 23.9 Å². The van der Waals surface area contributed by atoms with Crippen LogP contribution < -0.4 is 15.0 Å². The van der Waals surface area contributed by atoms with E-state index in [4.69, 9.17) is 4.74 Å². The maximum Gasteiger partial charge on any atom is 0.255 e. The molecule has 1 saturated heterocycles. The summed E-state index contributed by atoms with van der Waals surface area (Å²) in [5, 5.41) is 5.19. The van der Waals surface area contributed by atoms with Crippen LogP contribution in [0.5, 0.6) is 5.75 Å². The van der Waals surface area contributed by atoms with Gasteiger partial charge in [0, 0.05) is 26.3 Å². The number of likely N-dealkylation sites (tertiary alicyclic amines) is 1. The molecular weight excluding hydrogens is 398 g/mol. The molecule has 1 amide bonds. The Hall–Kier alpha value is -3.05. The highest BCUT2D eigenvalue weighted by molar-refractivity contribution is 6.09. The average Bonchev–Trinajstić information content (AvgIpc) is 3.34. The van der Waals surface area contributed by atoms with Gasteiger partial charge in [0.1, 0.15) is 5.75 Å². The second kappa shape index (κ2) is 10.0. The van der Waals surface area contributed by atoms with Crippen LogP contribution in [0.3, 0.4) is 0 Å². The van der Waals surface area contributed by atoms with Gasteiger partial charge in [-0.2, -0.15) is 0 Å². The summed E-state index contributed by atoms with van der Waals surface area (Å²) in [6.07, 6.45) is 2.41. The van der Waals surface area contributed by atoms with Gasteiger partial charge in [-0.3, -0.25) is 9.69 Å². The molecule has 1 N–H and O–H groups in total. The highest BCUT2D eigenvalue weighted by Gasteiger charge is 2.25. The molecule has 32 heavy (non-hydrogen) atoms. The summed E-state index contributed by atoms with van der Waals surface area (Å²) in [5.41, 5.74) is 3.03. The summed E-state index contributed by atoms with van der Waals surface area (Å²) >= 11 is 0. The van der Waals surface area contributed by atoms with Gasteiger partial charge in [-0.05, 0) is 67.4 Å². The molecule has 3 aromatic carbocycles. The Bertz CT molecular complexity index is 1060. The number of amides is 1. The fourth-order valence-corrected chi connectivity index (χ4v) is 4.54. The summed E-state index contributed by atoms with van der Waals surface area (Å²) in [5.74, 6) is 0.552. The first-order valence-electron chi connectivity index (χ1n) is 11.5. The van der Waals surface area contributed by atoms with Crippen LogP contribution in [-0.4, -0.2) is 51.1 Å². The van der Waals surface area contributed by atoms with Crippen molar-refractivity contribution in [1.29, 1.82) is 0 Å². The SMILES string of the molecule is CCOc1ccc2ccccc2c1C(=O)NC[C@H](c1ccc(N(C)C)cc1)N1CCCC1. The molecular formula is C27H33N3O2. The highest BCUT2D eigenvalue weighted by atomic mass is 16.5. The molecule has 1 aliphatic rings. The molecule has 0 bridgehead atoms. The van der Waals surface area contributed by atoms with Gasteiger partial charge in [0.25, 0.3) is 5.91 Å². The van der Waals surface area contributed by atoms with E-state index in [1.807, 2.05) is 57.4 Å². The van der Waals surface area contributed by atoms with Gasteiger partial charge in [-0.1, -0.05) is 42.5 Å². The minimum atomic E-state index is -0.0839.